The number of ketones is 1. The fourth-order valence-corrected chi connectivity index (χ4v) is 3.75. The topological polar surface area (TPSA) is 97.1 Å². The number of benzene rings is 2. The summed E-state index contributed by atoms with van der Waals surface area (Å²) in [6.45, 7) is 1.58. The van der Waals surface area contributed by atoms with Crippen LogP contribution < -0.4 is 5.32 Å². The van der Waals surface area contributed by atoms with Crippen molar-refractivity contribution in [1.82, 2.24) is 14.8 Å². The number of pyridine rings is 1. The molecule has 0 fully saturated rings. The van der Waals surface area contributed by atoms with Gasteiger partial charge in [0.15, 0.2) is 5.78 Å². The Kier molecular flexibility index (Phi) is 7.52. The number of carbonyl (C=O) groups excluding carboxylic acids is 2. The summed E-state index contributed by atoms with van der Waals surface area (Å²) in [5.41, 5.74) is 0.0511. The molecule has 10 heteroatoms. The molecule has 0 spiro atoms. The number of rotatable bonds is 8. The lowest BCUT2D eigenvalue weighted by atomic mass is 10.1. The first-order valence-corrected chi connectivity index (χ1v) is 11.4. The number of amides is 1. The van der Waals surface area contributed by atoms with Crippen LogP contribution in [0.2, 0.25) is 5.02 Å². The molecule has 2 aromatic heterocycles. The van der Waals surface area contributed by atoms with E-state index in [1.807, 2.05) is 0 Å². The molecule has 0 aliphatic heterocycles. The highest BCUT2D eigenvalue weighted by atomic mass is 35.5. The smallest absolute Gasteiger partial charge is 0.258 e. The quantitative estimate of drug-likeness (QED) is 0.307. The third kappa shape index (κ3) is 5.48. The highest BCUT2D eigenvalue weighted by Gasteiger charge is 2.22. The summed E-state index contributed by atoms with van der Waals surface area (Å²) in [5, 5.41) is 16.3. The molecule has 2 N–H and O–H groups in total. The number of para-hydroxylation sites is 1. The van der Waals surface area contributed by atoms with Crippen LogP contribution in [-0.4, -0.2) is 37.7 Å². The fraction of sp³-hybridized carbons (Fsp3) is 0.154. The van der Waals surface area contributed by atoms with Crippen LogP contribution in [0.3, 0.4) is 0 Å². The lowest BCUT2D eigenvalue weighted by molar-refractivity contribution is 0.0943. The zero-order valence-electron chi connectivity index (χ0n) is 19.1. The first kappa shape index (κ1) is 25.2. The predicted octanol–water partition coefficient (Wildman–Crippen LogP) is 5.46. The van der Waals surface area contributed by atoms with Gasteiger partial charge in [-0.25, -0.2) is 13.5 Å². The third-order valence-electron chi connectivity index (χ3n) is 5.34. The number of Topliss-reactive ketones (excluding diaryl/α,β-unsaturated/α-hetero) is 1. The molecule has 2 aromatic carbocycles. The maximum atomic E-state index is 14.6. The van der Waals surface area contributed by atoms with E-state index in [0.29, 0.717) is 5.69 Å². The number of nitrogens with one attached hydrogen (secondary N) is 1. The minimum atomic E-state index is -0.838. The van der Waals surface area contributed by atoms with Crippen LogP contribution in [0.5, 0.6) is 0 Å². The number of nitrogens with zero attached hydrogens (tertiary/aromatic N) is 3. The van der Waals surface area contributed by atoms with Crippen molar-refractivity contribution in [2.24, 2.45) is 0 Å². The van der Waals surface area contributed by atoms with Crippen molar-refractivity contribution in [3.05, 3.63) is 94.8 Å². The summed E-state index contributed by atoms with van der Waals surface area (Å²) in [4.78, 5) is 29.7. The summed E-state index contributed by atoms with van der Waals surface area (Å²) < 4.78 is 30.2. The van der Waals surface area contributed by atoms with Gasteiger partial charge in [0.25, 0.3) is 5.91 Å². The van der Waals surface area contributed by atoms with Crippen molar-refractivity contribution in [2.45, 2.75) is 25.9 Å². The van der Waals surface area contributed by atoms with Gasteiger partial charge in [-0.1, -0.05) is 29.8 Å². The van der Waals surface area contributed by atoms with Crippen LogP contribution >= 0.6 is 11.6 Å². The van der Waals surface area contributed by atoms with Crippen LogP contribution in [-0.2, 0) is 0 Å². The Morgan fingerprint density at radius 1 is 1.08 bits per heavy atom. The second-order valence-corrected chi connectivity index (χ2v) is 8.48. The Morgan fingerprint density at radius 3 is 2.53 bits per heavy atom. The molecule has 0 saturated heterocycles. The van der Waals surface area contributed by atoms with Gasteiger partial charge in [-0.2, -0.15) is 5.10 Å². The minimum Gasteiger partial charge on any atom is -0.393 e. The molecule has 1 atom stereocenters. The molecule has 1 amide bonds. The molecule has 4 rings (SSSR count). The van der Waals surface area contributed by atoms with Gasteiger partial charge < -0.3 is 10.4 Å². The van der Waals surface area contributed by atoms with E-state index in [-0.39, 0.29) is 52.0 Å². The number of halogens is 3. The van der Waals surface area contributed by atoms with Crippen molar-refractivity contribution in [1.29, 1.82) is 0 Å². The molecule has 7 nitrogen and oxygen atoms in total. The van der Waals surface area contributed by atoms with E-state index >= 15 is 0 Å². The summed E-state index contributed by atoms with van der Waals surface area (Å²) >= 11 is 6.16. The molecule has 0 saturated carbocycles. The van der Waals surface area contributed by atoms with Crippen molar-refractivity contribution in [3.8, 4) is 16.9 Å². The minimum absolute atomic E-state index is 0.0691. The van der Waals surface area contributed by atoms with E-state index in [9.17, 15) is 23.5 Å². The molecule has 0 unspecified atom stereocenters. The number of aliphatic hydroxyl groups excluding tert-OH is 1. The molecule has 0 radical (unpaired) electrons. The average molecular weight is 511 g/mol. The van der Waals surface area contributed by atoms with E-state index in [2.05, 4.69) is 15.4 Å². The summed E-state index contributed by atoms with van der Waals surface area (Å²) in [6.07, 6.45) is 0.986. The maximum Gasteiger partial charge on any atom is 0.258 e. The SMILES string of the molecule is C[C@H](O)CCC(=O)c1cc(NC(=O)c2cc(-c3ncccc3F)c(F)cc2Cl)n(-c2ccccc2)n1. The summed E-state index contributed by atoms with van der Waals surface area (Å²) in [5.74, 6) is -2.47. The van der Waals surface area contributed by atoms with Crippen molar-refractivity contribution < 1.29 is 23.5 Å². The van der Waals surface area contributed by atoms with Crippen molar-refractivity contribution in [3.63, 3.8) is 0 Å². The third-order valence-corrected chi connectivity index (χ3v) is 5.65. The molecule has 2 heterocycles. The molecule has 4 aromatic rings. The highest BCUT2D eigenvalue weighted by molar-refractivity contribution is 6.34. The number of hydrogen-bond acceptors (Lipinski definition) is 5. The normalized spacial score (nSPS) is 11.8. The molecule has 184 valence electrons. The number of carbonyl (C=O) groups is 2. The largest absolute Gasteiger partial charge is 0.393 e. The second-order valence-electron chi connectivity index (χ2n) is 8.07. The van der Waals surface area contributed by atoms with Gasteiger partial charge in [0.05, 0.1) is 22.4 Å². The van der Waals surface area contributed by atoms with Gasteiger partial charge in [-0.3, -0.25) is 14.6 Å². The molecule has 0 aliphatic rings. The van der Waals surface area contributed by atoms with Crippen LogP contribution in [0.1, 0.15) is 40.6 Å². The van der Waals surface area contributed by atoms with Crippen molar-refractivity contribution >= 4 is 29.1 Å². The van der Waals surface area contributed by atoms with E-state index in [1.165, 1.54) is 23.0 Å². The first-order valence-electron chi connectivity index (χ1n) is 11.0. The Bertz CT molecular complexity index is 1420. The van der Waals surface area contributed by atoms with Gasteiger partial charge in [0.2, 0.25) is 0 Å². The second kappa shape index (κ2) is 10.8. The molecule has 0 aliphatic carbocycles. The van der Waals surface area contributed by atoms with Gasteiger partial charge in [0.1, 0.15) is 28.8 Å². The Balaban J connectivity index is 1.71. The number of aromatic nitrogens is 3. The molecular weight excluding hydrogens is 490 g/mol. The molecule has 0 bridgehead atoms. The van der Waals surface area contributed by atoms with Gasteiger partial charge in [-0.15, -0.1) is 0 Å². The number of anilines is 1. The number of aliphatic hydroxyl groups is 1. The number of hydrogen-bond donors (Lipinski definition) is 2. The Morgan fingerprint density at radius 2 is 1.83 bits per heavy atom. The van der Waals surface area contributed by atoms with Gasteiger partial charge >= 0.3 is 0 Å². The monoisotopic (exact) mass is 510 g/mol. The Hall–Kier alpha value is -3.95. The van der Waals surface area contributed by atoms with Crippen LogP contribution in [0, 0.1) is 11.6 Å². The standard InChI is InChI=1S/C26H21ClF2N4O3/c1-15(34)9-10-23(35)22-14-24(33(32-22)16-6-3-2-4-7-16)31-26(36)17-12-18(21(29)13-19(17)27)25-20(28)8-5-11-30-25/h2-8,11-15,34H,9-10H2,1H3,(H,31,36)/t15-/m0/s1. The predicted molar refractivity (Wildman–Crippen MR) is 131 cm³/mol. The summed E-state index contributed by atoms with van der Waals surface area (Å²) in [6, 6.07) is 14.7. The molecular formula is C26H21ClF2N4O3. The summed E-state index contributed by atoms with van der Waals surface area (Å²) in [7, 11) is 0. The van der Waals surface area contributed by atoms with Crippen LogP contribution in [0.4, 0.5) is 14.6 Å². The van der Waals surface area contributed by atoms with Crippen LogP contribution in [0.15, 0.2) is 66.9 Å². The van der Waals surface area contributed by atoms with E-state index in [0.717, 1.165) is 18.2 Å². The Labute approximate surface area is 210 Å². The van der Waals surface area contributed by atoms with E-state index < -0.39 is 23.6 Å². The lowest BCUT2D eigenvalue weighted by Gasteiger charge is -2.12. The van der Waals surface area contributed by atoms with E-state index in [4.69, 9.17) is 11.6 Å². The van der Waals surface area contributed by atoms with Crippen LogP contribution in [0.25, 0.3) is 16.9 Å². The first-order chi connectivity index (χ1) is 17.2. The molecule has 36 heavy (non-hydrogen) atoms. The van der Waals surface area contributed by atoms with Crippen molar-refractivity contribution in [2.75, 3.05) is 5.32 Å². The highest BCUT2D eigenvalue weighted by Crippen LogP contribution is 2.30. The maximum absolute atomic E-state index is 14.6. The van der Waals surface area contributed by atoms with E-state index in [1.54, 1.807) is 37.3 Å². The van der Waals surface area contributed by atoms with Gasteiger partial charge in [-0.05, 0) is 49.7 Å². The zero-order valence-corrected chi connectivity index (χ0v) is 19.8. The fourth-order valence-electron chi connectivity index (χ4n) is 3.51. The average Bonchev–Trinajstić information content (AvgIpc) is 3.27. The van der Waals surface area contributed by atoms with Gasteiger partial charge in [0, 0.05) is 24.2 Å². The lowest BCUT2D eigenvalue weighted by Crippen LogP contribution is -2.16. The zero-order chi connectivity index (χ0) is 25.8.